The topological polar surface area (TPSA) is 104 Å². The monoisotopic (exact) mass is 310 g/mol. The number of nitrogens with one attached hydrogen (secondary N) is 1. The van der Waals surface area contributed by atoms with Crippen LogP contribution in [0.25, 0.3) is 0 Å². The van der Waals surface area contributed by atoms with E-state index in [-0.39, 0.29) is 19.0 Å². The lowest BCUT2D eigenvalue weighted by Crippen LogP contribution is -2.48. The smallest absolute Gasteiger partial charge is 0.341 e. The van der Waals surface area contributed by atoms with E-state index >= 15 is 0 Å². The maximum atomic E-state index is 12.4. The molecule has 0 bridgehead atoms. The fraction of sp³-hybridized carbons (Fsp3) is 0.600. The molecule has 1 aliphatic rings. The molecule has 1 saturated heterocycles. The molecule has 0 atom stereocenters. The van der Waals surface area contributed by atoms with E-state index < -0.39 is 11.4 Å². The molecule has 2 heterocycles. The minimum absolute atomic E-state index is 0.105. The average Bonchev–Trinajstić information content (AvgIpc) is 2.93. The number of nitrogens with two attached hydrogens (primary N) is 1. The van der Waals surface area contributed by atoms with Gasteiger partial charge in [0.25, 0.3) is 0 Å². The van der Waals surface area contributed by atoms with Gasteiger partial charge in [-0.2, -0.15) is 0 Å². The molecule has 3 N–H and O–H groups in total. The van der Waals surface area contributed by atoms with Crippen molar-refractivity contribution >= 4 is 11.9 Å². The summed E-state index contributed by atoms with van der Waals surface area (Å²) in [6.45, 7) is 3.25. The Hall–Kier alpha value is -1.86. The Morgan fingerprint density at radius 3 is 2.68 bits per heavy atom. The maximum Gasteiger partial charge on any atom is 0.341 e. The van der Waals surface area contributed by atoms with Crippen molar-refractivity contribution in [1.29, 1.82) is 0 Å². The number of ether oxygens (including phenoxy) is 2. The van der Waals surface area contributed by atoms with Crippen LogP contribution in [0.3, 0.4) is 0 Å². The summed E-state index contributed by atoms with van der Waals surface area (Å²) in [4.78, 5) is 24.0. The van der Waals surface area contributed by atoms with Crippen molar-refractivity contribution in [3.05, 3.63) is 23.2 Å². The number of carbonyl (C=O) groups is 2. The second-order valence-corrected chi connectivity index (χ2v) is 5.45. The first-order valence-electron chi connectivity index (χ1n) is 7.26. The Bertz CT molecular complexity index is 546. The number of hydrogen-bond acceptors (Lipinski definition) is 6. The van der Waals surface area contributed by atoms with Gasteiger partial charge in [-0.25, -0.2) is 4.79 Å². The van der Waals surface area contributed by atoms with Crippen LogP contribution in [0.5, 0.6) is 0 Å². The van der Waals surface area contributed by atoms with Gasteiger partial charge in [-0.15, -0.1) is 0 Å². The minimum Gasteiger partial charge on any atom is -0.465 e. The van der Waals surface area contributed by atoms with Gasteiger partial charge in [-0.1, -0.05) is 0 Å². The molecule has 1 amide bonds. The Morgan fingerprint density at radius 2 is 2.09 bits per heavy atom. The minimum atomic E-state index is -0.578. The fourth-order valence-electron chi connectivity index (χ4n) is 2.58. The van der Waals surface area contributed by atoms with Crippen LogP contribution in [0, 0.1) is 12.3 Å². The molecule has 0 aliphatic carbocycles. The van der Waals surface area contributed by atoms with Crippen molar-refractivity contribution in [3.8, 4) is 0 Å². The third-order valence-electron chi connectivity index (χ3n) is 4.12. The molecule has 0 radical (unpaired) electrons. The lowest BCUT2D eigenvalue weighted by atomic mass is 9.79. The van der Waals surface area contributed by atoms with Crippen molar-refractivity contribution in [3.63, 3.8) is 0 Å². The molecular formula is C15H22N2O5. The van der Waals surface area contributed by atoms with Gasteiger partial charge >= 0.3 is 5.97 Å². The summed E-state index contributed by atoms with van der Waals surface area (Å²) in [5.41, 5.74) is 5.58. The van der Waals surface area contributed by atoms with Gasteiger partial charge in [0.05, 0.1) is 19.1 Å². The molecule has 0 spiro atoms. The Kier molecular flexibility index (Phi) is 5.20. The van der Waals surface area contributed by atoms with Crippen molar-refractivity contribution in [2.45, 2.75) is 26.3 Å². The van der Waals surface area contributed by atoms with E-state index in [1.807, 2.05) is 0 Å². The highest BCUT2D eigenvalue weighted by atomic mass is 16.5. The molecule has 2 rings (SSSR count). The lowest BCUT2D eigenvalue weighted by Gasteiger charge is -2.34. The number of rotatable bonds is 5. The summed E-state index contributed by atoms with van der Waals surface area (Å²) in [5.74, 6) is 0.412. The standard InChI is InChI=1S/C15H22N2O5/c1-10-12(13(18)20-2)7-11(22-10)8-17-14(19)15(9-16)3-5-21-6-4-15/h7H,3-6,8-9,16H2,1-2H3,(H,17,19). The van der Waals surface area contributed by atoms with E-state index in [1.54, 1.807) is 13.0 Å². The van der Waals surface area contributed by atoms with E-state index in [0.29, 0.717) is 43.1 Å². The normalized spacial score (nSPS) is 17.0. The van der Waals surface area contributed by atoms with Crippen molar-refractivity contribution in [2.24, 2.45) is 11.1 Å². The van der Waals surface area contributed by atoms with Crippen LogP contribution < -0.4 is 11.1 Å². The van der Waals surface area contributed by atoms with Gasteiger partial charge in [-0.3, -0.25) is 4.79 Å². The molecule has 0 saturated carbocycles. The van der Waals surface area contributed by atoms with E-state index in [4.69, 9.17) is 14.9 Å². The second-order valence-electron chi connectivity index (χ2n) is 5.45. The zero-order chi connectivity index (χ0) is 16.2. The molecular weight excluding hydrogens is 288 g/mol. The molecule has 22 heavy (non-hydrogen) atoms. The first-order valence-corrected chi connectivity index (χ1v) is 7.26. The molecule has 122 valence electrons. The third kappa shape index (κ3) is 3.31. The molecule has 1 aliphatic heterocycles. The summed E-state index contributed by atoms with van der Waals surface area (Å²) in [6, 6.07) is 1.58. The van der Waals surface area contributed by atoms with Crippen LogP contribution in [-0.2, 0) is 20.8 Å². The molecule has 7 heteroatoms. The molecule has 1 fully saturated rings. The number of aryl methyl sites for hydroxylation is 1. The predicted octanol–water partition coefficient (Wildman–Crippen LogP) is 0.746. The zero-order valence-electron chi connectivity index (χ0n) is 12.9. The summed E-state index contributed by atoms with van der Waals surface area (Å²) in [7, 11) is 1.31. The maximum absolute atomic E-state index is 12.4. The average molecular weight is 310 g/mol. The van der Waals surface area contributed by atoms with Crippen molar-refractivity contribution in [2.75, 3.05) is 26.9 Å². The van der Waals surface area contributed by atoms with E-state index in [1.165, 1.54) is 7.11 Å². The highest BCUT2D eigenvalue weighted by Crippen LogP contribution is 2.29. The Morgan fingerprint density at radius 1 is 1.41 bits per heavy atom. The number of esters is 1. The van der Waals surface area contributed by atoms with E-state index in [0.717, 1.165) is 0 Å². The van der Waals surface area contributed by atoms with Gasteiger partial charge in [0, 0.05) is 19.8 Å². The van der Waals surface area contributed by atoms with Gasteiger partial charge in [0.1, 0.15) is 17.1 Å². The quantitative estimate of drug-likeness (QED) is 0.778. The van der Waals surface area contributed by atoms with Gasteiger partial charge in [-0.05, 0) is 25.8 Å². The number of furan rings is 1. The van der Waals surface area contributed by atoms with Gasteiger partial charge < -0.3 is 24.9 Å². The summed E-state index contributed by atoms with van der Waals surface area (Å²) in [6.07, 6.45) is 1.22. The second kappa shape index (κ2) is 6.93. The first kappa shape index (κ1) is 16.5. The predicted molar refractivity (Wildman–Crippen MR) is 78.2 cm³/mol. The van der Waals surface area contributed by atoms with Gasteiger partial charge in [0.15, 0.2) is 0 Å². The van der Waals surface area contributed by atoms with Crippen LogP contribution in [0.15, 0.2) is 10.5 Å². The lowest BCUT2D eigenvalue weighted by molar-refractivity contribution is -0.136. The summed E-state index contributed by atoms with van der Waals surface area (Å²) in [5, 5.41) is 2.84. The summed E-state index contributed by atoms with van der Waals surface area (Å²) < 4.78 is 15.4. The van der Waals surface area contributed by atoms with Crippen LogP contribution in [-0.4, -0.2) is 38.7 Å². The Balaban J connectivity index is 2.00. The van der Waals surface area contributed by atoms with Crippen molar-refractivity contribution < 1.29 is 23.5 Å². The fourth-order valence-corrected chi connectivity index (χ4v) is 2.58. The van der Waals surface area contributed by atoms with Gasteiger partial charge in [0.2, 0.25) is 5.91 Å². The first-order chi connectivity index (χ1) is 10.5. The Labute approximate surface area is 129 Å². The number of hydrogen-bond donors (Lipinski definition) is 2. The van der Waals surface area contributed by atoms with Crippen LogP contribution in [0.1, 0.15) is 34.7 Å². The number of methoxy groups -OCH3 is 1. The van der Waals surface area contributed by atoms with Crippen LogP contribution in [0.4, 0.5) is 0 Å². The molecule has 1 aromatic rings. The third-order valence-corrected chi connectivity index (χ3v) is 4.12. The van der Waals surface area contributed by atoms with Crippen molar-refractivity contribution in [1.82, 2.24) is 5.32 Å². The molecule has 7 nitrogen and oxygen atoms in total. The largest absolute Gasteiger partial charge is 0.465 e. The molecule has 1 aromatic heterocycles. The number of amides is 1. The highest BCUT2D eigenvalue weighted by Gasteiger charge is 2.38. The summed E-state index contributed by atoms with van der Waals surface area (Å²) >= 11 is 0. The molecule has 0 aromatic carbocycles. The van der Waals surface area contributed by atoms with Crippen LogP contribution in [0.2, 0.25) is 0 Å². The van der Waals surface area contributed by atoms with Crippen LogP contribution >= 0.6 is 0 Å². The van der Waals surface area contributed by atoms with E-state index in [9.17, 15) is 9.59 Å². The SMILES string of the molecule is COC(=O)c1cc(CNC(=O)C2(CN)CCOCC2)oc1C. The van der Waals surface area contributed by atoms with E-state index in [2.05, 4.69) is 10.1 Å². The molecule has 0 unspecified atom stereocenters. The zero-order valence-corrected chi connectivity index (χ0v) is 12.9. The highest BCUT2D eigenvalue weighted by molar-refractivity contribution is 5.90. The number of carbonyl (C=O) groups excluding carboxylic acids is 2.